The fourth-order valence-corrected chi connectivity index (χ4v) is 3.00. The van der Waals surface area contributed by atoms with Gasteiger partial charge in [0.15, 0.2) is 0 Å². The fraction of sp³-hybridized carbons (Fsp3) is 0.100. The summed E-state index contributed by atoms with van der Waals surface area (Å²) in [7, 11) is 0. The number of benzene rings is 3. The molecule has 24 heavy (non-hydrogen) atoms. The molecule has 0 radical (unpaired) electrons. The van der Waals surface area contributed by atoms with Crippen LogP contribution in [0.1, 0.15) is 23.6 Å². The van der Waals surface area contributed by atoms with E-state index in [2.05, 4.69) is 6.92 Å². The van der Waals surface area contributed by atoms with Crippen molar-refractivity contribution >= 4 is 11.4 Å². The molecule has 0 aromatic heterocycles. The number of nitrogen functional groups attached to an aromatic ring is 2. The average Bonchev–Trinajstić information content (AvgIpc) is 2.60. The predicted octanol–water partition coefficient (Wildman–Crippen LogP) is 3.62. The summed E-state index contributed by atoms with van der Waals surface area (Å²) in [5.74, 6) is 0.110. The highest BCUT2D eigenvalue weighted by molar-refractivity contribution is 5.62. The topological polar surface area (TPSA) is 92.5 Å². The third-order valence-electron chi connectivity index (χ3n) is 4.56. The number of phenols is 2. The van der Waals surface area contributed by atoms with Crippen molar-refractivity contribution in [1.82, 2.24) is 0 Å². The Bertz CT molecular complexity index is 825. The second-order valence-corrected chi connectivity index (χ2v) is 6.04. The molecule has 0 amide bonds. The summed E-state index contributed by atoms with van der Waals surface area (Å²) in [6.45, 7) is 2.07. The number of anilines is 2. The van der Waals surface area contributed by atoms with Crippen molar-refractivity contribution in [2.75, 3.05) is 11.5 Å². The van der Waals surface area contributed by atoms with Crippen molar-refractivity contribution in [3.05, 3.63) is 83.4 Å². The molecule has 4 nitrogen and oxygen atoms in total. The van der Waals surface area contributed by atoms with Crippen molar-refractivity contribution < 1.29 is 10.2 Å². The minimum absolute atomic E-state index is 0.0550. The summed E-state index contributed by atoms with van der Waals surface area (Å²) in [6, 6.07) is 20.4. The van der Waals surface area contributed by atoms with E-state index in [4.69, 9.17) is 11.5 Å². The SMILES string of the molecule is CC(c1ccccc1)(c1ccc(O)c(N)c1)c1ccc(O)c(N)c1. The smallest absolute Gasteiger partial charge is 0.138 e. The molecule has 0 unspecified atom stereocenters. The van der Waals surface area contributed by atoms with Gasteiger partial charge >= 0.3 is 0 Å². The summed E-state index contributed by atoms with van der Waals surface area (Å²) < 4.78 is 0. The highest BCUT2D eigenvalue weighted by atomic mass is 16.3. The van der Waals surface area contributed by atoms with Crippen LogP contribution in [0.15, 0.2) is 66.7 Å². The maximum absolute atomic E-state index is 9.75. The minimum atomic E-state index is -0.537. The first-order valence-electron chi connectivity index (χ1n) is 7.66. The molecule has 0 aliphatic heterocycles. The molecule has 0 aliphatic rings. The predicted molar refractivity (Wildman–Crippen MR) is 97.0 cm³/mol. The Morgan fingerprint density at radius 1 is 0.667 bits per heavy atom. The van der Waals surface area contributed by atoms with E-state index in [1.165, 1.54) is 0 Å². The monoisotopic (exact) mass is 320 g/mol. The van der Waals surface area contributed by atoms with Crippen LogP contribution < -0.4 is 11.5 Å². The van der Waals surface area contributed by atoms with Crippen LogP contribution in [0.25, 0.3) is 0 Å². The largest absolute Gasteiger partial charge is 0.506 e. The van der Waals surface area contributed by atoms with Gasteiger partial charge in [0.1, 0.15) is 11.5 Å². The number of nitrogens with two attached hydrogens (primary N) is 2. The van der Waals surface area contributed by atoms with Crippen LogP contribution in [0.4, 0.5) is 11.4 Å². The molecule has 6 N–H and O–H groups in total. The number of hydrogen-bond donors (Lipinski definition) is 4. The van der Waals surface area contributed by atoms with Crippen LogP contribution in [0.2, 0.25) is 0 Å². The zero-order valence-corrected chi connectivity index (χ0v) is 13.4. The number of phenolic OH excluding ortho intramolecular Hbond substituents is 2. The Hall–Kier alpha value is -3.14. The first kappa shape index (κ1) is 15.7. The highest BCUT2D eigenvalue weighted by Gasteiger charge is 2.32. The quantitative estimate of drug-likeness (QED) is 0.337. The van der Waals surface area contributed by atoms with Crippen LogP contribution in [-0.4, -0.2) is 10.2 Å². The molecular weight excluding hydrogens is 300 g/mol. The number of hydrogen-bond acceptors (Lipinski definition) is 4. The molecule has 3 rings (SSSR count). The Balaban J connectivity index is 2.28. The molecule has 0 heterocycles. The molecule has 3 aromatic rings. The lowest BCUT2D eigenvalue weighted by atomic mass is 9.71. The van der Waals surface area contributed by atoms with E-state index < -0.39 is 5.41 Å². The highest BCUT2D eigenvalue weighted by Crippen LogP contribution is 2.42. The third kappa shape index (κ3) is 2.52. The van der Waals surface area contributed by atoms with E-state index in [0.717, 1.165) is 16.7 Å². The van der Waals surface area contributed by atoms with Gasteiger partial charge in [0.05, 0.1) is 11.4 Å². The Kier molecular flexibility index (Phi) is 3.81. The maximum Gasteiger partial charge on any atom is 0.138 e. The van der Waals surface area contributed by atoms with E-state index >= 15 is 0 Å². The van der Waals surface area contributed by atoms with Gasteiger partial charge in [0.2, 0.25) is 0 Å². The van der Waals surface area contributed by atoms with Crippen LogP contribution in [0, 0.1) is 0 Å². The normalized spacial score (nSPS) is 11.4. The van der Waals surface area contributed by atoms with Gasteiger partial charge in [-0.1, -0.05) is 42.5 Å². The van der Waals surface area contributed by atoms with E-state index in [1.54, 1.807) is 24.3 Å². The van der Waals surface area contributed by atoms with Gasteiger partial charge in [0.25, 0.3) is 0 Å². The first-order chi connectivity index (χ1) is 11.4. The van der Waals surface area contributed by atoms with Gasteiger partial charge in [-0.25, -0.2) is 0 Å². The fourth-order valence-electron chi connectivity index (χ4n) is 3.00. The summed E-state index contributed by atoms with van der Waals surface area (Å²) in [6.07, 6.45) is 0. The van der Waals surface area contributed by atoms with E-state index in [1.807, 2.05) is 42.5 Å². The van der Waals surface area contributed by atoms with Gasteiger partial charge in [-0.2, -0.15) is 0 Å². The van der Waals surface area contributed by atoms with E-state index in [-0.39, 0.29) is 11.5 Å². The van der Waals surface area contributed by atoms with Crippen LogP contribution in [0.5, 0.6) is 11.5 Å². The lowest BCUT2D eigenvalue weighted by molar-refractivity contribution is 0.477. The number of rotatable bonds is 3. The van der Waals surface area contributed by atoms with Gasteiger partial charge in [-0.3, -0.25) is 0 Å². The first-order valence-corrected chi connectivity index (χ1v) is 7.66. The molecule has 0 saturated carbocycles. The Labute approximate surface area is 141 Å². The van der Waals surface area contributed by atoms with Crippen molar-refractivity contribution in [1.29, 1.82) is 0 Å². The van der Waals surface area contributed by atoms with E-state index in [9.17, 15) is 10.2 Å². The van der Waals surface area contributed by atoms with Gasteiger partial charge in [0, 0.05) is 5.41 Å². The molecule has 0 aliphatic carbocycles. The van der Waals surface area contributed by atoms with Crippen molar-refractivity contribution in [3.8, 4) is 11.5 Å². The molecule has 122 valence electrons. The Morgan fingerprint density at radius 2 is 1.12 bits per heavy atom. The second-order valence-electron chi connectivity index (χ2n) is 6.04. The molecule has 0 saturated heterocycles. The van der Waals surface area contributed by atoms with Gasteiger partial charge in [-0.05, 0) is 47.9 Å². The van der Waals surface area contributed by atoms with Crippen molar-refractivity contribution in [2.24, 2.45) is 0 Å². The standard InChI is InChI=1S/C20H20N2O2/c1-20(13-5-3-2-4-6-13,14-7-9-18(23)16(21)11-14)15-8-10-19(24)17(22)12-15/h2-12,23-24H,21-22H2,1H3. The second kappa shape index (κ2) is 5.81. The van der Waals surface area contributed by atoms with E-state index in [0.29, 0.717) is 11.4 Å². The molecule has 3 aromatic carbocycles. The number of aromatic hydroxyl groups is 2. The van der Waals surface area contributed by atoms with Gasteiger partial charge in [-0.15, -0.1) is 0 Å². The lowest BCUT2D eigenvalue weighted by Gasteiger charge is -2.32. The van der Waals surface area contributed by atoms with Crippen molar-refractivity contribution in [2.45, 2.75) is 12.3 Å². The molecule has 0 bridgehead atoms. The van der Waals surface area contributed by atoms with Crippen LogP contribution >= 0.6 is 0 Å². The van der Waals surface area contributed by atoms with Crippen LogP contribution in [0.3, 0.4) is 0 Å². The third-order valence-corrected chi connectivity index (χ3v) is 4.56. The summed E-state index contributed by atoms with van der Waals surface area (Å²) in [4.78, 5) is 0. The summed E-state index contributed by atoms with van der Waals surface area (Å²) >= 11 is 0. The molecule has 0 fully saturated rings. The molecule has 4 heteroatoms. The zero-order valence-electron chi connectivity index (χ0n) is 13.4. The Morgan fingerprint density at radius 3 is 1.54 bits per heavy atom. The van der Waals surface area contributed by atoms with Crippen molar-refractivity contribution in [3.63, 3.8) is 0 Å². The van der Waals surface area contributed by atoms with Crippen LogP contribution in [-0.2, 0) is 5.41 Å². The average molecular weight is 320 g/mol. The summed E-state index contributed by atoms with van der Waals surface area (Å²) in [5, 5.41) is 19.5. The molecular formula is C20H20N2O2. The molecule has 0 spiro atoms. The minimum Gasteiger partial charge on any atom is -0.506 e. The zero-order chi connectivity index (χ0) is 17.3. The van der Waals surface area contributed by atoms with Gasteiger partial charge < -0.3 is 21.7 Å². The molecule has 0 atom stereocenters. The maximum atomic E-state index is 9.75. The summed E-state index contributed by atoms with van der Waals surface area (Å²) in [5.41, 5.74) is 14.8. The lowest BCUT2D eigenvalue weighted by Crippen LogP contribution is -2.25.